The van der Waals surface area contributed by atoms with Crippen LogP contribution in [0.3, 0.4) is 0 Å². The molecule has 1 rings (SSSR count). The SMILES string of the molecule is COCCOCCOCC(COC(=O)NCC(=O)N[C@H]1C([C@H](O)[C@H](O)CO)C[C@](OC(C)C)(C(=O)[O-])C[C@H]1O)OCCOCCOC. The molecule has 0 bridgehead atoms. The molecule has 0 aromatic carbocycles. The van der Waals surface area contributed by atoms with Crippen LogP contribution in [0, 0.1) is 5.92 Å². The van der Waals surface area contributed by atoms with Gasteiger partial charge in [0, 0.05) is 26.6 Å². The van der Waals surface area contributed by atoms with Gasteiger partial charge in [0.25, 0.3) is 0 Å². The highest BCUT2D eigenvalue weighted by Crippen LogP contribution is 2.39. The number of alkyl carbamates (subject to hydrolysis) is 1. The number of aliphatic carboxylic acids is 1. The summed E-state index contributed by atoms with van der Waals surface area (Å²) in [7, 11) is 3.11. The van der Waals surface area contributed by atoms with Crippen LogP contribution >= 0.6 is 0 Å². The Hall–Kier alpha value is -2.23. The number of aliphatic hydroxyl groups excluding tert-OH is 4. The molecule has 47 heavy (non-hydrogen) atoms. The van der Waals surface area contributed by atoms with Crippen molar-refractivity contribution in [3.05, 3.63) is 0 Å². The van der Waals surface area contributed by atoms with Crippen molar-refractivity contribution in [1.82, 2.24) is 10.6 Å². The predicted octanol–water partition coefficient (Wildman–Crippen LogP) is -3.68. The van der Waals surface area contributed by atoms with E-state index in [9.17, 15) is 39.9 Å². The average molecular weight is 686 g/mol. The number of carbonyl (C=O) groups excluding carboxylic acids is 3. The van der Waals surface area contributed by atoms with Gasteiger partial charge in [-0.05, 0) is 20.3 Å². The number of nitrogens with one attached hydrogen (secondary N) is 2. The highest BCUT2D eigenvalue weighted by molar-refractivity contribution is 5.82. The molecule has 2 amide bonds. The minimum atomic E-state index is -2.03. The summed E-state index contributed by atoms with van der Waals surface area (Å²) in [5, 5.41) is 57.8. The van der Waals surface area contributed by atoms with Gasteiger partial charge >= 0.3 is 6.09 Å². The van der Waals surface area contributed by atoms with Gasteiger partial charge in [-0.1, -0.05) is 0 Å². The topological polar surface area (TPSA) is 253 Å². The standard InChI is InChI=1S/C29H54N2O16/c1-19(2)47-29(27(37)38)13-21(26(36)23(34)16-32)25(22(33)14-29)31-24(35)15-30-28(39)46-18-20(45-12-11-43-8-6-41-4)17-44-10-9-42-7-5-40-3/h19-23,25-26,32-34,36H,5-18H2,1-4H3,(H,30,39)(H,31,35)(H,37,38)/p-1/t20?,21?,22-,23-,25+,26+,29-/m1/s1. The molecule has 0 aromatic heterocycles. The van der Waals surface area contributed by atoms with Gasteiger partial charge in [0.1, 0.15) is 31.0 Å². The summed E-state index contributed by atoms with van der Waals surface area (Å²) in [6, 6.07) is -1.28. The number of carbonyl (C=O) groups is 3. The van der Waals surface area contributed by atoms with Crippen LogP contribution in [0.15, 0.2) is 0 Å². The van der Waals surface area contributed by atoms with E-state index in [1.165, 1.54) is 0 Å². The van der Waals surface area contributed by atoms with Gasteiger partial charge in [-0.15, -0.1) is 0 Å². The Balaban J connectivity index is 2.72. The number of carboxylic acids is 1. The Bertz CT molecular complexity index is 883. The molecule has 1 fully saturated rings. The number of methoxy groups -OCH3 is 2. The molecule has 18 heteroatoms. The molecule has 1 aliphatic carbocycles. The van der Waals surface area contributed by atoms with Gasteiger partial charge in [0.05, 0.1) is 96.4 Å². The van der Waals surface area contributed by atoms with E-state index in [0.29, 0.717) is 33.0 Å². The zero-order chi connectivity index (χ0) is 35.2. The molecular formula is C29H53N2O16-. The van der Waals surface area contributed by atoms with Gasteiger partial charge in [-0.2, -0.15) is 0 Å². The van der Waals surface area contributed by atoms with Crippen molar-refractivity contribution in [3.63, 3.8) is 0 Å². The molecule has 18 nitrogen and oxygen atoms in total. The third-order valence-electron chi connectivity index (χ3n) is 7.08. The molecule has 6 N–H and O–H groups in total. The number of amides is 2. The van der Waals surface area contributed by atoms with E-state index in [2.05, 4.69) is 10.6 Å². The molecule has 7 atom stereocenters. The largest absolute Gasteiger partial charge is 0.547 e. The third kappa shape index (κ3) is 16.6. The van der Waals surface area contributed by atoms with Gasteiger partial charge in [0.2, 0.25) is 5.91 Å². The quantitative estimate of drug-likeness (QED) is 0.0480. The number of hydrogen-bond donors (Lipinski definition) is 6. The summed E-state index contributed by atoms with van der Waals surface area (Å²) in [6.45, 7) is 4.17. The maximum Gasteiger partial charge on any atom is 0.407 e. The number of aliphatic hydroxyl groups is 4. The van der Waals surface area contributed by atoms with Gasteiger partial charge in [0.15, 0.2) is 0 Å². The second-order valence-electron chi connectivity index (χ2n) is 11.2. The van der Waals surface area contributed by atoms with Crippen LogP contribution < -0.4 is 15.7 Å². The lowest BCUT2D eigenvalue weighted by molar-refractivity contribution is -0.336. The van der Waals surface area contributed by atoms with Crippen LogP contribution in [0.25, 0.3) is 0 Å². The van der Waals surface area contributed by atoms with E-state index in [-0.39, 0.29) is 33.0 Å². The van der Waals surface area contributed by atoms with Crippen molar-refractivity contribution in [1.29, 1.82) is 0 Å². The first-order valence-electron chi connectivity index (χ1n) is 15.5. The molecule has 0 spiro atoms. The zero-order valence-corrected chi connectivity index (χ0v) is 27.6. The summed E-state index contributed by atoms with van der Waals surface area (Å²) >= 11 is 0. The minimum Gasteiger partial charge on any atom is -0.547 e. The van der Waals surface area contributed by atoms with Gasteiger partial charge < -0.3 is 78.9 Å². The monoisotopic (exact) mass is 685 g/mol. The fraction of sp³-hybridized carbons (Fsp3) is 0.897. The number of hydrogen-bond acceptors (Lipinski definition) is 16. The van der Waals surface area contributed by atoms with Crippen LogP contribution in [-0.2, 0) is 47.5 Å². The second kappa shape index (κ2) is 24.0. The van der Waals surface area contributed by atoms with E-state index < -0.39 is 92.0 Å². The van der Waals surface area contributed by atoms with Crippen LogP contribution in [0.5, 0.6) is 0 Å². The fourth-order valence-electron chi connectivity index (χ4n) is 4.88. The van der Waals surface area contributed by atoms with Crippen molar-refractivity contribution in [2.24, 2.45) is 5.92 Å². The fourth-order valence-corrected chi connectivity index (χ4v) is 4.88. The number of carboxylic acid groups (broad SMARTS) is 1. The Morgan fingerprint density at radius 3 is 2.06 bits per heavy atom. The molecule has 1 saturated carbocycles. The maximum atomic E-state index is 12.8. The first kappa shape index (κ1) is 42.8. The molecule has 276 valence electrons. The Morgan fingerprint density at radius 2 is 1.49 bits per heavy atom. The highest BCUT2D eigenvalue weighted by atomic mass is 16.6. The average Bonchev–Trinajstić information content (AvgIpc) is 3.03. The van der Waals surface area contributed by atoms with Crippen molar-refractivity contribution in [2.75, 3.05) is 93.4 Å². The maximum absolute atomic E-state index is 12.8. The lowest BCUT2D eigenvalue weighted by atomic mass is 9.70. The van der Waals surface area contributed by atoms with E-state index in [1.54, 1.807) is 28.1 Å². The van der Waals surface area contributed by atoms with E-state index in [1.807, 2.05) is 0 Å². The lowest BCUT2D eigenvalue weighted by Crippen LogP contribution is -2.66. The molecule has 0 aromatic rings. The summed E-state index contributed by atoms with van der Waals surface area (Å²) in [4.78, 5) is 37.2. The van der Waals surface area contributed by atoms with Crippen LogP contribution in [0.2, 0.25) is 0 Å². The smallest absolute Gasteiger partial charge is 0.407 e. The normalized spacial score (nSPS) is 23.2. The molecule has 0 radical (unpaired) electrons. The van der Waals surface area contributed by atoms with Gasteiger partial charge in [-0.25, -0.2) is 4.79 Å². The number of ether oxygens (including phenoxy) is 8. The van der Waals surface area contributed by atoms with E-state index in [4.69, 9.17) is 37.9 Å². The molecular weight excluding hydrogens is 632 g/mol. The summed E-state index contributed by atoms with van der Waals surface area (Å²) in [5.74, 6) is -3.74. The highest BCUT2D eigenvalue weighted by Gasteiger charge is 2.51. The summed E-state index contributed by atoms with van der Waals surface area (Å²) in [6.07, 6.45) is -8.23. The minimum absolute atomic E-state index is 0.0658. The van der Waals surface area contributed by atoms with E-state index in [0.717, 1.165) is 0 Å². The third-order valence-corrected chi connectivity index (χ3v) is 7.08. The van der Waals surface area contributed by atoms with Crippen LogP contribution in [0.4, 0.5) is 4.79 Å². The van der Waals surface area contributed by atoms with Crippen molar-refractivity contribution >= 4 is 18.0 Å². The van der Waals surface area contributed by atoms with E-state index >= 15 is 0 Å². The van der Waals surface area contributed by atoms with Crippen molar-refractivity contribution < 1.29 is 77.8 Å². The Labute approximate surface area is 274 Å². The summed E-state index contributed by atoms with van der Waals surface area (Å²) in [5.41, 5.74) is -2.03. The predicted molar refractivity (Wildman–Crippen MR) is 159 cm³/mol. The molecule has 2 unspecified atom stereocenters. The molecule has 1 aliphatic rings. The first-order chi connectivity index (χ1) is 22.4. The first-order valence-corrected chi connectivity index (χ1v) is 15.5. The lowest BCUT2D eigenvalue weighted by Gasteiger charge is -2.49. The Kier molecular flexibility index (Phi) is 21.8. The van der Waals surface area contributed by atoms with Crippen molar-refractivity contribution in [3.8, 4) is 0 Å². The second-order valence-corrected chi connectivity index (χ2v) is 11.2. The number of rotatable bonds is 26. The molecule has 0 heterocycles. The van der Waals surface area contributed by atoms with Crippen LogP contribution in [0.1, 0.15) is 26.7 Å². The van der Waals surface area contributed by atoms with Crippen LogP contribution in [-0.4, -0.2) is 174 Å². The zero-order valence-electron chi connectivity index (χ0n) is 27.6. The summed E-state index contributed by atoms with van der Waals surface area (Å²) < 4.78 is 42.5. The Morgan fingerprint density at radius 1 is 0.894 bits per heavy atom. The van der Waals surface area contributed by atoms with Crippen molar-refractivity contribution in [2.45, 2.75) is 68.9 Å². The molecule has 0 aliphatic heterocycles. The molecule has 0 saturated heterocycles. The van der Waals surface area contributed by atoms with Gasteiger partial charge in [-0.3, -0.25) is 4.79 Å².